The van der Waals surface area contributed by atoms with E-state index in [1.807, 2.05) is 36.4 Å². The highest BCUT2D eigenvalue weighted by Crippen LogP contribution is 2.54. The minimum absolute atomic E-state index is 0.00536. The van der Waals surface area contributed by atoms with E-state index in [9.17, 15) is 9.59 Å². The van der Waals surface area contributed by atoms with E-state index in [0.717, 1.165) is 16.5 Å². The first-order valence-electron chi connectivity index (χ1n) is 9.65. The van der Waals surface area contributed by atoms with Crippen molar-refractivity contribution in [3.63, 3.8) is 0 Å². The van der Waals surface area contributed by atoms with Crippen molar-refractivity contribution in [1.82, 2.24) is 0 Å². The van der Waals surface area contributed by atoms with Crippen molar-refractivity contribution in [3.05, 3.63) is 82.6 Å². The molecule has 30 heavy (non-hydrogen) atoms. The molecule has 0 saturated carbocycles. The van der Waals surface area contributed by atoms with Gasteiger partial charge in [0.25, 0.3) is 0 Å². The number of amides is 1. The Morgan fingerprint density at radius 2 is 1.97 bits per heavy atom. The average Bonchev–Trinajstić information content (AvgIpc) is 2.95. The van der Waals surface area contributed by atoms with Crippen LogP contribution in [0.25, 0.3) is 10.8 Å². The molecule has 3 aromatic carbocycles. The van der Waals surface area contributed by atoms with Gasteiger partial charge in [-0.15, -0.1) is 0 Å². The van der Waals surface area contributed by atoms with Crippen LogP contribution in [0.4, 0.5) is 5.69 Å². The van der Waals surface area contributed by atoms with Gasteiger partial charge in [-0.1, -0.05) is 41.9 Å². The Bertz CT molecular complexity index is 1270. The molecule has 2 aliphatic rings. The van der Waals surface area contributed by atoms with E-state index in [1.165, 1.54) is 0 Å². The number of ether oxygens (including phenoxy) is 2. The molecule has 0 saturated heterocycles. The summed E-state index contributed by atoms with van der Waals surface area (Å²) in [6.07, 6.45) is 1.58. The molecule has 1 atom stereocenters. The maximum Gasteiger partial charge on any atom is 0.373 e. The first-order chi connectivity index (χ1) is 14.5. The first-order valence-corrected chi connectivity index (χ1v) is 10.0. The largest absolute Gasteiger partial charge is 0.460 e. The number of carbonyl (C=O) groups excluding carboxylic acids is 2. The molecule has 6 heteroatoms. The molecule has 0 aliphatic carbocycles. The van der Waals surface area contributed by atoms with Crippen molar-refractivity contribution in [2.24, 2.45) is 0 Å². The van der Waals surface area contributed by atoms with Crippen LogP contribution in [0.3, 0.4) is 0 Å². The number of fused-ring (bicyclic) bond motifs is 6. The van der Waals surface area contributed by atoms with Crippen LogP contribution in [0.1, 0.15) is 18.1 Å². The summed E-state index contributed by atoms with van der Waals surface area (Å²) in [4.78, 5) is 28.0. The zero-order valence-corrected chi connectivity index (χ0v) is 17.2. The molecule has 0 fully saturated rings. The average molecular weight is 420 g/mol. The number of halogens is 1. The number of hydrogen-bond acceptors (Lipinski definition) is 4. The topological polar surface area (TPSA) is 55.8 Å². The molecule has 2 aliphatic heterocycles. The fourth-order valence-corrected chi connectivity index (χ4v) is 4.62. The summed E-state index contributed by atoms with van der Waals surface area (Å²) < 4.78 is 11.1. The number of rotatable bonds is 2. The van der Waals surface area contributed by atoms with Gasteiger partial charge in [-0.25, -0.2) is 4.79 Å². The second kappa shape index (κ2) is 6.61. The Labute approximate surface area is 178 Å². The Balaban J connectivity index is 1.91. The maximum absolute atomic E-state index is 13.8. The van der Waals surface area contributed by atoms with Gasteiger partial charge in [0.05, 0.1) is 6.61 Å². The summed E-state index contributed by atoms with van der Waals surface area (Å²) in [5.41, 5.74) is 0.910. The van der Waals surface area contributed by atoms with Gasteiger partial charge < -0.3 is 14.4 Å². The van der Waals surface area contributed by atoms with Crippen molar-refractivity contribution in [3.8, 4) is 5.75 Å². The SMILES string of the molecule is CCOC(=O)C1=C[C@@]2(C(=O)N(C)c3ccc(Cl)cc32)c2c(ccc3ccccc23)O1. The van der Waals surface area contributed by atoms with E-state index in [4.69, 9.17) is 21.1 Å². The minimum atomic E-state index is -1.24. The highest BCUT2D eigenvalue weighted by atomic mass is 35.5. The summed E-state index contributed by atoms with van der Waals surface area (Å²) >= 11 is 6.34. The third kappa shape index (κ3) is 2.42. The van der Waals surface area contributed by atoms with Crippen LogP contribution in [0, 0.1) is 0 Å². The molecule has 5 nitrogen and oxygen atoms in total. The molecule has 0 aromatic heterocycles. The van der Waals surface area contributed by atoms with Crippen LogP contribution in [0.15, 0.2) is 66.4 Å². The Morgan fingerprint density at radius 3 is 2.77 bits per heavy atom. The zero-order valence-electron chi connectivity index (χ0n) is 16.4. The summed E-state index contributed by atoms with van der Waals surface area (Å²) in [6, 6.07) is 16.9. The lowest BCUT2D eigenvalue weighted by molar-refractivity contribution is -0.141. The first kappa shape index (κ1) is 18.7. The van der Waals surface area contributed by atoms with Gasteiger partial charge in [-0.2, -0.15) is 0 Å². The lowest BCUT2D eigenvalue weighted by Gasteiger charge is -2.33. The number of esters is 1. The van der Waals surface area contributed by atoms with Crippen molar-refractivity contribution in [2.75, 3.05) is 18.6 Å². The lowest BCUT2D eigenvalue weighted by Crippen LogP contribution is -2.41. The summed E-state index contributed by atoms with van der Waals surface area (Å²) in [5.74, 6) is -0.341. The van der Waals surface area contributed by atoms with Crippen LogP contribution >= 0.6 is 11.6 Å². The Kier molecular flexibility index (Phi) is 4.12. The van der Waals surface area contributed by atoms with Crippen LogP contribution in [-0.2, 0) is 19.7 Å². The summed E-state index contributed by atoms with van der Waals surface area (Å²) in [5, 5.41) is 2.36. The highest BCUT2D eigenvalue weighted by Gasteiger charge is 2.54. The van der Waals surface area contributed by atoms with E-state index in [1.54, 1.807) is 43.1 Å². The smallest absolute Gasteiger partial charge is 0.373 e. The number of carbonyl (C=O) groups is 2. The quantitative estimate of drug-likeness (QED) is 0.570. The molecule has 2 heterocycles. The third-order valence-electron chi connectivity index (χ3n) is 5.72. The Hall–Kier alpha value is -3.31. The van der Waals surface area contributed by atoms with E-state index < -0.39 is 11.4 Å². The standard InChI is InChI=1S/C24H18ClNO4/c1-3-29-22(27)20-13-24(17-12-15(25)9-10-18(17)26(2)23(24)28)21-16-7-5-4-6-14(16)8-11-19(21)30-20/h4-13H,3H2,1-2H3/t24-/m0/s1. The van der Waals surface area contributed by atoms with E-state index in [0.29, 0.717) is 21.9 Å². The molecule has 0 bridgehead atoms. The number of benzene rings is 3. The second-order valence-corrected chi connectivity index (χ2v) is 7.76. The van der Waals surface area contributed by atoms with Crippen LogP contribution in [0.2, 0.25) is 5.02 Å². The molecule has 0 radical (unpaired) electrons. The fourth-order valence-electron chi connectivity index (χ4n) is 4.45. The van der Waals surface area contributed by atoms with Gasteiger partial charge in [-0.3, -0.25) is 4.79 Å². The van der Waals surface area contributed by atoms with Crippen molar-refractivity contribution in [2.45, 2.75) is 12.3 Å². The normalized spacial score (nSPS) is 19.4. The Morgan fingerprint density at radius 1 is 1.17 bits per heavy atom. The molecule has 0 N–H and O–H groups in total. The number of nitrogens with zero attached hydrogens (tertiary/aromatic N) is 1. The van der Waals surface area contributed by atoms with Crippen molar-refractivity contribution in [1.29, 1.82) is 0 Å². The third-order valence-corrected chi connectivity index (χ3v) is 5.95. The highest BCUT2D eigenvalue weighted by molar-refractivity contribution is 6.31. The zero-order chi connectivity index (χ0) is 21.0. The van der Waals surface area contributed by atoms with E-state index in [-0.39, 0.29) is 18.3 Å². The van der Waals surface area contributed by atoms with Gasteiger partial charge in [0.2, 0.25) is 11.7 Å². The summed E-state index contributed by atoms with van der Waals surface area (Å²) in [6.45, 7) is 1.93. The van der Waals surface area contributed by atoms with Gasteiger partial charge in [-0.05, 0) is 48.0 Å². The molecular weight excluding hydrogens is 402 g/mol. The maximum atomic E-state index is 13.8. The predicted molar refractivity (Wildman–Crippen MR) is 115 cm³/mol. The van der Waals surface area contributed by atoms with E-state index in [2.05, 4.69) is 0 Å². The van der Waals surface area contributed by atoms with Crippen molar-refractivity contribution >= 4 is 39.9 Å². The van der Waals surface area contributed by atoms with Gasteiger partial charge in [0.1, 0.15) is 11.2 Å². The van der Waals surface area contributed by atoms with Gasteiger partial charge in [0.15, 0.2) is 0 Å². The fraction of sp³-hybridized carbons (Fsp3) is 0.167. The lowest BCUT2D eigenvalue weighted by atomic mass is 9.71. The predicted octanol–water partition coefficient (Wildman–Crippen LogP) is 4.60. The van der Waals surface area contributed by atoms with Crippen LogP contribution < -0.4 is 9.64 Å². The number of anilines is 1. The molecule has 0 unspecified atom stereocenters. The van der Waals surface area contributed by atoms with Crippen molar-refractivity contribution < 1.29 is 19.1 Å². The number of hydrogen-bond donors (Lipinski definition) is 0. The van der Waals surface area contributed by atoms with Crippen LogP contribution in [-0.4, -0.2) is 25.5 Å². The summed E-state index contributed by atoms with van der Waals surface area (Å²) in [7, 11) is 1.72. The molecule has 150 valence electrons. The van der Waals surface area contributed by atoms with Crippen LogP contribution in [0.5, 0.6) is 5.75 Å². The molecular formula is C24H18ClNO4. The molecule has 1 spiro atoms. The molecule has 3 aromatic rings. The minimum Gasteiger partial charge on any atom is -0.460 e. The molecule has 5 rings (SSSR count). The van der Waals surface area contributed by atoms with E-state index >= 15 is 0 Å². The second-order valence-electron chi connectivity index (χ2n) is 7.32. The van der Waals surface area contributed by atoms with Gasteiger partial charge >= 0.3 is 5.97 Å². The van der Waals surface area contributed by atoms with Gasteiger partial charge in [0, 0.05) is 28.9 Å². The number of likely N-dealkylation sites (N-methyl/N-ethyl adjacent to an activating group) is 1. The molecule has 1 amide bonds. The monoisotopic (exact) mass is 419 g/mol.